The Morgan fingerprint density at radius 3 is 2.38 bits per heavy atom. The fourth-order valence-corrected chi connectivity index (χ4v) is 4.30. The highest BCUT2D eigenvalue weighted by atomic mass is 19.4. The van der Waals surface area contributed by atoms with Gasteiger partial charge in [0, 0.05) is 18.1 Å². The van der Waals surface area contributed by atoms with Crippen molar-refractivity contribution >= 4 is 17.8 Å². The van der Waals surface area contributed by atoms with E-state index in [1.165, 1.54) is 35.6 Å². The molecule has 1 aromatic carbocycles. The molecular weight excluding hydrogens is 499 g/mol. The first-order valence-corrected chi connectivity index (χ1v) is 11.1. The molecule has 4 N–H and O–H groups in total. The van der Waals surface area contributed by atoms with E-state index in [2.05, 4.69) is 20.3 Å². The Hall–Kier alpha value is -3.79. The number of amides is 2. The number of aliphatic hydroxyl groups is 3. The van der Waals surface area contributed by atoms with Crippen molar-refractivity contribution in [3.8, 4) is 5.69 Å². The molecule has 5 rings (SSSR count). The summed E-state index contributed by atoms with van der Waals surface area (Å²) >= 11 is 0. The van der Waals surface area contributed by atoms with Gasteiger partial charge in [-0.2, -0.15) is 18.2 Å². The van der Waals surface area contributed by atoms with Gasteiger partial charge >= 0.3 is 18.3 Å². The van der Waals surface area contributed by atoms with Gasteiger partial charge in [0.05, 0.1) is 43.4 Å². The minimum Gasteiger partial charge on any atom is -0.376 e. The maximum absolute atomic E-state index is 12.9. The van der Waals surface area contributed by atoms with E-state index in [1.54, 1.807) is 17.7 Å². The van der Waals surface area contributed by atoms with Gasteiger partial charge in [-0.25, -0.2) is 19.7 Å². The maximum atomic E-state index is 12.9. The number of hydrogen-bond donors (Lipinski definition) is 4. The normalized spacial score (nSPS) is 18.3. The van der Waals surface area contributed by atoms with Crippen molar-refractivity contribution in [3.05, 3.63) is 60.3 Å². The summed E-state index contributed by atoms with van der Waals surface area (Å²) in [7, 11) is 0. The molecule has 1 unspecified atom stereocenters. The number of hydrogen-bond acceptors (Lipinski definition) is 9. The first-order valence-electron chi connectivity index (χ1n) is 11.1. The van der Waals surface area contributed by atoms with Gasteiger partial charge in [-0.3, -0.25) is 4.90 Å². The smallest absolute Gasteiger partial charge is 0.376 e. The molecule has 2 fully saturated rings. The quantitative estimate of drug-likeness (QED) is 0.354. The zero-order valence-corrected chi connectivity index (χ0v) is 19.3. The number of rotatable bonds is 6. The molecule has 37 heavy (non-hydrogen) atoms. The van der Waals surface area contributed by atoms with Crippen molar-refractivity contribution in [2.24, 2.45) is 0 Å². The van der Waals surface area contributed by atoms with Gasteiger partial charge in [0.2, 0.25) is 5.95 Å². The number of anilines is 2. The Morgan fingerprint density at radius 2 is 1.81 bits per heavy atom. The van der Waals surface area contributed by atoms with Crippen LogP contribution in [0.5, 0.6) is 0 Å². The summed E-state index contributed by atoms with van der Waals surface area (Å²) in [5, 5.41) is 32.2. The number of aromatic nitrogens is 4. The molecule has 2 aliphatic heterocycles. The van der Waals surface area contributed by atoms with E-state index in [4.69, 9.17) is 4.74 Å². The number of ether oxygens (including phenoxy) is 1. The number of nitrogens with one attached hydrogen (secondary N) is 1. The summed E-state index contributed by atoms with van der Waals surface area (Å²) in [6.07, 6.45) is -3.27. The molecule has 0 aliphatic carbocycles. The zero-order chi connectivity index (χ0) is 26.6. The summed E-state index contributed by atoms with van der Waals surface area (Å²) in [6.45, 7) is 1.79. The van der Waals surface area contributed by atoms with Gasteiger partial charge in [0.1, 0.15) is 11.4 Å². The molecule has 0 radical (unpaired) electrons. The van der Waals surface area contributed by atoms with Crippen LogP contribution in [-0.4, -0.2) is 77.2 Å². The average molecular weight is 521 g/mol. The predicted octanol–water partition coefficient (Wildman–Crippen LogP) is 1.45. The van der Waals surface area contributed by atoms with E-state index in [-0.39, 0.29) is 31.5 Å². The number of halogens is 3. The summed E-state index contributed by atoms with van der Waals surface area (Å²) in [4.78, 5) is 27.4. The third-order valence-electron chi connectivity index (χ3n) is 6.19. The number of alkyl halides is 3. The minimum absolute atomic E-state index is 0.00119. The molecule has 15 heteroatoms. The van der Waals surface area contributed by atoms with Crippen LogP contribution in [0.3, 0.4) is 0 Å². The third-order valence-corrected chi connectivity index (χ3v) is 6.19. The number of nitrogens with zero attached hydrogens (tertiary/aromatic N) is 6. The monoisotopic (exact) mass is 521 g/mol. The van der Waals surface area contributed by atoms with Crippen molar-refractivity contribution in [1.82, 2.24) is 24.4 Å². The Bertz CT molecular complexity index is 1300. The Morgan fingerprint density at radius 1 is 1.11 bits per heavy atom. The minimum atomic E-state index is -4.42. The fraction of sp³-hybridized carbons (Fsp3) is 0.364. The summed E-state index contributed by atoms with van der Waals surface area (Å²) < 4.78 is 45.2. The molecule has 196 valence electrons. The Labute approximate surface area is 207 Å². The first kappa shape index (κ1) is 24.9. The van der Waals surface area contributed by atoms with Crippen LogP contribution in [0.25, 0.3) is 5.69 Å². The topological polar surface area (TPSA) is 149 Å². The van der Waals surface area contributed by atoms with Crippen molar-refractivity contribution in [3.63, 3.8) is 0 Å². The highest BCUT2D eigenvalue weighted by Crippen LogP contribution is 2.38. The highest BCUT2D eigenvalue weighted by molar-refractivity contribution is 5.95. The lowest BCUT2D eigenvalue weighted by Gasteiger charge is -2.45. The number of carbonyl (C=O) groups excluding carboxylic acids is 1. The largest absolute Gasteiger partial charge is 0.416 e. The van der Waals surface area contributed by atoms with Crippen LogP contribution in [0.15, 0.2) is 49.1 Å². The predicted molar refractivity (Wildman–Crippen MR) is 120 cm³/mol. The second-order valence-corrected chi connectivity index (χ2v) is 8.88. The van der Waals surface area contributed by atoms with Crippen LogP contribution < -0.4 is 10.2 Å². The Balaban J connectivity index is 1.31. The van der Waals surface area contributed by atoms with Crippen LogP contribution in [0.4, 0.5) is 29.7 Å². The number of urea groups is 1. The van der Waals surface area contributed by atoms with Crippen LogP contribution in [-0.2, 0) is 10.9 Å². The van der Waals surface area contributed by atoms with Crippen LogP contribution in [0, 0.1) is 0 Å². The van der Waals surface area contributed by atoms with Gasteiger partial charge < -0.3 is 29.9 Å². The van der Waals surface area contributed by atoms with Gasteiger partial charge in [-0.15, -0.1) is 0 Å². The van der Waals surface area contributed by atoms with Crippen LogP contribution in [0.1, 0.15) is 24.2 Å². The number of carbonyl (C=O) groups is 1. The van der Waals surface area contributed by atoms with Crippen LogP contribution >= 0.6 is 0 Å². The van der Waals surface area contributed by atoms with Crippen LogP contribution in [0.2, 0.25) is 0 Å². The molecule has 12 nitrogen and oxygen atoms in total. The molecule has 0 bridgehead atoms. The third kappa shape index (κ3) is 4.57. The van der Waals surface area contributed by atoms with E-state index >= 15 is 0 Å². The maximum Gasteiger partial charge on any atom is 0.416 e. The first-order chi connectivity index (χ1) is 17.4. The average Bonchev–Trinajstić information content (AvgIpc) is 3.42. The van der Waals surface area contributed by atoms with E-state index in [9.17, 15) is 33.3 Å². The van der Waals surface area contributed by atoms with Crippen molar-refractivity contribution < 1.29 is 38.0 Å². The summed E-state index contributed by atoms with van der Waals surface area (Å²) in [6, 6.07) is 4.82. The van der Waals surface area contributed by atoms with E-state index in [0.29, 0.717) is 16.3 Å². The van der Waals surface area contributed by atoms with Gasteiger partial charge in [0.15, 0.2) is 0 Å². The summed E-state index contributed by atoms with van der Waals surface area (Å²) in [5.41, 5.74) is -0.821. The summed E-state index contributed by atoms with van der Waals surface area (Å²) in [5.74, 6) is 0.297. The molecule has 0 saturated carbocycles. The van der Waals surface area contributed by atoms with E-state index in [0.717, 1.165) is 12.1 Å². The molecular formula is C22H22F3N7O5. The second kappa shape index (κ2) is 8.65. The van der Waals surface area contributed by atoms with E-state index in [1.807, 2.05) is 0 Å². The van der Waals surface area contributed by atoms with Crippen molar-refractivity contribution in [2.75, 3.05) is 30.0 Å². The molecule has 1 atom stereocenters. The second-order valence-electron chi connectivity index (χ2n) is 8.88. The molecule has 3 aromatic rings. The highest BCUT2D eigenvalue weighted by Gasteiger charge is 2.61. The molecule has 2 amide bonds. The molecule has 2 aromatic heterocycles. The standard InChI is InChI=1S/C22H22F3N7O5/c1-13(16-8-30(12-27-16)15-4-2-14(3-5-15)21(23,24)25)28-18-26-7-6-17(29-18)31-9-20(10-37-11-20)32(19(31)33)22(34,35)36/h2-8,12-13,34-36H,9-11H2,1H3,(H,26,28,29). The van der Waals surface area contributed by atoms with Gasteiger partial charge in [-0.1, -0.05) is 0 Å². The fourth-order valence-electron chi connectivity index (χ4n) is 4.30. The lowest BCUT2D eigenvalue weighted by Crippen LogP contribution is -2.68. The van der Waals surface area contributed by atoms with Gasteiger partial charge in [-0.05, 0) is 37.3 Å². The number of imidazole rings is 1. The van der Waals surface area contributed by atoms with Crippen molar-refractivity contribution in [1.29, 1.82) is 0 Å². The lowest BCUT2D eigenvalue weighted by molar-refractivity contribution is -0.401. The van der Waals surface area contributed by atoms with Gasteiger partial charge in [0.25, 0.3) is 0 Å². The van der Waals surface area contributed by atoms with Crippen molar-refractivity contribution in [2.45, 2.75) is 30.8 Å². The zero-order valence-electron chi connectivity index (χ0n) is 19.3. The van der Waals surface area contributed by atoms with E-state index < -0.39 is 35.4 Å². The lowest BCUT2D eigenvalue weighted by atomic mass is 9.97. The molecule has 1 spiro atoms. The molecule has 4 heterocycles. The molecule has 2 saturated heterocycles. The molecule has 2 aliphatic rings. The SMILES string of the molecule is CC(Nc1nccc(N2CC3(COC3)N(C(O)(O)O)C2=O)n1)c1cn(-c2ccc(C(F)(F)F)cc2)cn1. The Kier molecular flexibility index (Phi) is 5.82. The number of benzene rings is 1.